The minimum absolute atomic E-state index is 0.0538. The Hall–Kier alpha value is -3.91. The quantitative estimate of drug-likeness (QED) is 0.255. The molecule has 2 N–H and O–H groups in total. The number of hydrogen-bond acceptors (Lipinski definition) is 6. The molecular weight excluding hydrogens is 534 g/mol. The first-order valence-electron chi connectivity index (χ1n) is 14.3. The topological polar surface area (TPSA) is 79.9 Å². The molecule has 8 heteroatoms. The third-order valence-electron chi connectivity index (χ3n) is 7.41. The lowest BCUT2D eigenvalue weighted by molar-refractivity contribution is -0.129. The Morgan fingerprint density at radius 1 is 0.951 bits per heavy atom. The Labute approximate surface area is 246 Å². The second kappa shape index (κ2) is 13.6. The van der Waals surface area contributed by atoms with Crippen LogP contribution in [-0.2, 0) is 9.59 Å². The number of amides is 2. The maximum absolute atomic E-state index is 13.9. The number of benzene rings is 3. The molecule has 2 aliphatic rings. The molecule has 1 saturated heterocycles. The first-order chi connectivity index (χ1) is 20.0. The van der Waals surface area contributed by atoms with Crippen LogP contribution in [0.1, 0.15) is 45.1 Å². The maximum Gasteiger partial charge on any atom is 0.262 e. The summed E-state index contributed by atoms with van der Waals surface area (Å²) < 4.78 is 11.7. The standard InChI is InChI=1S/C33H37N3O4S/c1-3-39-29-20-24(18-19-28(29)40-22-31(37)34-25-13-6-4-7-14-25)21-30-32(38)36(27-17-11-10-12-23(27)2)33(41-30)35-26-15-8-5-9-16-26/h4-9,13-16,18-21,23,27,33,35H,3,10-12,17,22H2,1-2H3,(H,34,37)/b30-21-/t23-,27+,33?/m0/s1. The normalized spacial score (nSPS) is 21.5. The van der Waals surface area contributed by atoms with Crippen LogP contribution in [0.3, 0.4) is 0 Å². The molecule has 7 nitrogen and oxygen atoms in total. The summed E-state index contributed by atoms with van der Waals surface area (Å²) in [6, 6.07) is 25.0. The van der Waals surface area contributed by atoms with Gasteiger partial charge in [-0.3, -0.25) is 9.59 Å². The smallest absolute Gasteiger partial charge is 0.262 e. The summed E-state index contributed by atoms with van der Waals surface area (Å²) in [5.74, 6) is 1.25. The van der Waals surface area contributed by atoms with Gasteiger partial charge in [-0.05, 0) is 73.7 Å². The number of anilines is 2. The van der Waals surface area contributed by atoms with Gasteiger partial charge in [-0.2, -0.15) is 0 Å². The predicted molar refractivity (Wildman–Crippen MR) is 166 cm³/mol. The summed E-state index contributed by atoms with van der Waals surface area (Å²) in [7, 11) is 0. The summed E-state index contributed by atoms with van der Waals surface area (Å²) in [5, 5.41) is 6.40. The Kier molecular flexibility index (Phi) is 9.51. The molecule has 3 aromatic carbocycles. The summed E-state index contributed by atoms with van der Waals surface area (Å²) in [6.45, 7) is 4.45. The molecule has 0 radical (unpaired) electrons. The van der Waals surface area contributed by atoms with E-state index in [0.717, 1.165) is 30.5 Å². The van der Waals surface area contributed by atoms with Crippen molar-refractivity contribution in [2.24, 2.45) is 5.92 Å². The molecule has 0 aromatic heterocycles. The molecule has 1 saturated carbocycles. The highest BCUT2D eigenvalue weighted by Gasteiger charge is 2.42. The monoisotopic (exact) mass is 571 g/mol. The zero-order valence-corrected chi connectivity index (χ0v) is 24.4. The number of carbonyl (C=O) groups excluding carboxylic acids is 2. The highest BCUT2D eigenvalue weighted by atomic mass is 32.2. The number of carbonyl (C=O) groups is 2. The molecule has 0 bridgehead atoms. The SMILES string of the molecule is CCOc1cc(/C=C2\SC(Nc3ccccc3)N([C@@H]3CCCC[C@@H]3C)C2=O)ccc1OCC(=O)Nc1ccccc1. The lowest BCUT2D eigenvalue weighted by atomic mass is 9.85. The van der Waals surface area contributed by atoms with Crippen molar-refractivity contribution in [3.63, 3.8) is 0 Å². The fourth-order valence-corrected chi connectivity index (χ4v) is 6.59. The zero-order valence-electron chi connectivity index (χ0n) is 23.5. The van der Waals surface area contributed by atoms with Crippen molar-refractivity contribution in [3.8, 4) is 11.5 Å². The van der Waals surface area contributed by atoms with Crippen molar-refractivity contribution in [2.45, 2.75) is 51.1 Å². The van der Waals surface area contributed by atoms with Crippen molar-refractivity contribution >= 4 is 41.0 Å². The van der Waals surface area contributed by atoms with Gasteiger partial charge < -0.3 is 25.0 Å². The first-order valence-corrected chi connectivity index (χ1v) is 15.2. The summed E-state index contributed by atoms with van der Waals surface area (Å²) in [5.41, 5.74) is 2.36. The summed E-state index contributed by atoms with van der Waals surface area (Å²) >= 11 is 1.55. The Bertz CT molecular complexity index is 1370. The molecule has 1 aliphatic heterocycles. The second-order valence-electron chi connectivity index (χ2n) is 10.4. The fourth-order valence-electron chi connectivity index (χ4n) is 5.38. The van der Waals surface area contributed by atoms with E-state index >= 15 is 0 Å². The minimum Gasteiger partial charge on any atom is -0.490 e. The van der Waals surface area contributed by atoms with Crippen LogP contribution in [0.4, 0.5) is 11.4 Å². The van der Waals surface area contributed by atoms with Crippen molar-refractivity contribution in [1.29, 1.82) is 0 Å². The molecule has 1 aliphatic carbocycles. The van der Waals surface area contributed by atoms with Crippen LogP contribution in [-0.4, -0.2) is 41.5 Å². The van der Waals surface area contributed by atoms with E-state index in [-0.39, 0.29) is 30.0 Å². The van der Waals surface area contributed by atoms with Crippen molar-refractivity contribution in [3.05, 3.63) is 89.3 Å². The van der Waals surface area contributed by atoms with Crippen molar-refractivity contribution < 1.29 is 19.1 Å². The molecule has 0 spiro atoms. The van der Waals surface area contributed by atoms with Gasteiger partial charge in [-0.25, -0.2) is 0 Å². The Balaban J connectivity index is 1.34. The number of hydrogen-bond donors (Lipinski definition) is 2. The van der Waals surface area contributed by atoms with E-state index in [0.29, 0.717) is 34.6 Å². The largest absolute Gasteiger partial charge is 0.490 e. The van der Waals surface area contributed by atoms with Gasteiger partial charge in [-0.15, -0.1) is 0 Å². The molecule has 2 amide bonds. The van der Waals surface area contributed by atoms with E-state index in [1.165, 1.54) is 6.42 Å². The van der Waals surface area contributed by atoms with E-state index in [1.54, 1.807) is 17.8 Å². The van der Waals surface area contributed by atoms with Gasteiger partial charge >= 0.3 is 0 Å². The minimum atomic E-state index is -0.258. The zero-order chi connectivity index (χ0) is 28.6. The van der Waals surface area contributed by atoms with Gasteiger partial charge in [0.25, 0.3) is 11.8 Å². The molecule has 3 atom stereocenters. The summed E-state index contributed by atoms with van der Waals surface area (Å²) in [6.07, 6.45) is 6.44. The average Bonchev–Trinajstić information content (AvgIpc) is 3.27. The first kappa shape index (κ1) is 28.6. The van der Waals surface area contributed by atoms with Gasteiger partial charge in [0.2, 0.25) is 0 Å². The van der Waals surface area contributed by atoms with E-state index in [9.17, 15) is 9.59 Å². The van der Waals surface area contributed by atoms with Crippen LogP contribution < -0.4 is 20.1 Å². The van der Waals surface area contributed by atoms with E-state index in [4.69, 9.17) is 9.47 Å². The number of thioether (sulfide) groups is 1. The van der Waals surface area contributed by atoms with Crippen LogP contribution in [0, 0.1) is 5.92 Å². The van der Waals surface area contributed by atoms with E-state index < -0.39 is 0 Å². The number of ether oxygens (including phenoxy) is 2. The van der Waals surface area contributed by atoms with E-state index in [2.05, 4.69) is 22.5 Å². The third-order valence-corrected chi connectivity index (χ3v) is 8.52. The van der Waals surface area contributed by atoms with Crippen LogP contribution in [0.15, 0.2) is 83.8 Å². The third kappa shape index (κ3) is 7.24. The van der Waals surface area contributed by atoms with E-state index in [1.807, 2.05) is 85.8 Å². The molecule has 2 fully saturated rings. The molecule has 41 heavy (non-hydrogen) atoms. The molecular formula is C33H37N3O4S. The van der Waals surface area contributed by atoms with Crippen LogP contribution in [0.25, 0.3) is 6.08 Å². The maximum atomic E-state index is 13.9. The predicted octanol–water partition coefficient (Wildman–Crippen LogP) is 6.99. The lowest BCUT2D eigenvalue weighted by Gasteiger charge is -2.39. The number of nitrogens with one attached hydrogen (secondary N) is 2. The van der Waals surface area contributed by atoms with Gasteiger partial charge in [0.1, 0.15) is 0 Å². The fraction of sp³-hybridized carbons (Fsp3) is 0.333. The number of rotatable bonds is 10. The summed E-state index contributed by atoms with van der Waals surface area (Å²) in [4.78, 5) is 29.0. The number of para-hydroxylation sites is 2. The highest BCUT2D eigenvalue weighted by Crippen LogP contribution is 2.42. The van der Waals surface area contributed by atoms with Crippen molar-refractivity contribution in [2.75, 3.05) is 23.8 Å². The Morgan fingerprint density at radius 2 is 1.66 bits per heavy atom. The molecule has 5 rings (SSSR count). The van der Waals surface area contributed by atoms with Gasteiger partial charge in [0, 0.05) is 17.4 Å². The number of nitrogens with zero attached hydrogens (tertiary/aromatic N) is 1. The lowest BCUT2D eigenvalue weighted by Crippen LogP contribution is -2.48. The Morgan fingerprint density at radius 3 is 2.37 bits per heavy atom. The average molecular weight is 572 g/mol. The molecule has 1 heterocycles. The van der Waals surface area contributed by atoms with Crippen LogP contribution in [0.5, 0.6) is 11.5 Å². The molecule has 1 unspecified atom stereocenters. The van der Waals surface area contributed by atoms with Gasteiger partial charge in [0.05, 0.1) is 11.5 Å². The molecule has 3 aromatic rings. The highest BCUT2D eigenvalue weighted by molar-refractivity contribution is 8.05. The van der Waals surface area contributed by atoms with Gasteiger partial charge in [-0.1, -0.05) is 74.0 Å². The van der Waals surface area contributed by atoms with Crippen LogP contribution >= 0.6 is 11.8 Å². The van der Waals surface area contributed by atoms with Crippen molar-refractivity contribution in [1.82, 2.24) is 4.90 Å². The van der Waals surface area contributed by atoms with Crippen LogP contribution in [0.2, 0.25) is 0 Å². The van der Waals surface area contributed by atoms with Gasteiger partial charge in [0.15, 0.2) is 23.6 Å². The second-order valence-corrected chi connectivity index (χ2v) is 11.5. The molecule has 214 valence electrons.